The fourth-order valence-corrected chi connectivity index (χ4v) is 2.50. The molecule has 0 bridgehead atoms. The smallest absolute Gasteiger partial charge is 0.407 e. The lowest BCUT2D eigenvalue weighted by Crippen LogP contribution is -2.36. The molecule has 6 heteroatoms. The second-order valence-electron chi connectivity index (χ2n) is 6.10. The minimum absolute atomic E-state index is 0.0144. The molecule has 0 spiro atoms. The summed E-state index contributed by atoms with van der Waals surface area (Å²) in [5.74, 6) is 0.684. The van der Waals surface area contributed by atoms with E-state index in [9.17, 15) is 9.90 Å². The molecule has 0 heterocycles. The SMILES string of the molecule is COc1ccc(C[C@H](CO)CNC(=O)OC(C)(C)C)cc1Br. The lowest BCUT2D eigenvalue weighted by molar-refractivity contribution is 0.0512. The van der Waals surface area contributed by atoms with E-state index in [2.05, 4.69) is 21.2 Å². The molecular weight excluding hydrogens is 350 g/mol. The van der Waals surface area contributed by atoms with E-state index in [4.69, 9.17) is 9.47 Å². The molecular formula is C16H24BrNO4. The summed E-state index contributed by atoms with van der Waals surface area (Å²) in [5, 5.41) is 12.2. The van der Waals surface area contributed by atoms with E-state index < -0.39 is 11.7 Å². The molecule has 1 amide bonds. The number of amides is 1. The van der Waals surface area contributed by atoms with Gasteiger partial charge in [0.1, 0.15) is 11.4 Å². The van der Waals surface area contributed by atoms with Gasteiger partial charge in [-0.2, -0.15) is 0 Å². The number of benzene rings is 1. The lowest BCUT2D eigenvalue weighted by atomic mass is 10.00. The molecule has 0 fully saturated rings. The van der Waals surface area contributed by atoms with Crippen molar-refractivity contribution in [3.05, 3.63) is 28.2 Å². The van der Waals surface area contributed by atoms with Crippen molar-refractivity contribution in [1.29, 1.82) is 0 Å². The zero-order chi connectivity index (χ0) is 16.8. The highest BCUT2D eigenvalue weighted by Crippen LogP contribution is 2.26. The fourth-order valence-electron chi connectivity index (χ4n) is 1.91. The molecule has 1 atom stereocenters. The van der Waals surface area contributed by atoms with E-state index in [1.54, 1.807) is 7.11 Å². The average Bonchev–Trinajstić information content (AvgIpc) is 2.41. The van der Waals surface area contributed by atoms with Crippen LogP contribution in [-0.4, -0.2) is 37.1 Å². The number of nitrogens with one attached hydrogen (secondary N) is 1. The Morgan fingerprint density at radius 2 is 2.09 bits per heavy atom. The second kappa shape index (κ2) is 8.39. The number of methoxy groups -OCH3 is 1. The van der Waals surface area contributed by atoms with Gasteiger partial charge in [0.25, 0.3) is 0 Å². The summed E-state index contributed by atoms with van der Waals surface area (Å²) in [6.45, 7) is 5.77. The largest absolute Gasteiger partial charge is 0.496 e. The fraction of sp³-hybridized carbons (Fsp3) is 0.562. The Bertz CT molecular complexity index is 499. The van der Waals surface area contributed by atoms with Crippen LogP contribution in [0.3, 0.4) is 0 Å². The van der Waals surface area contributed by atoms with Crippen LogP contribution < -0.4 is 10.1 Å². The van der Waals surface area contributed by atoms with Gasteiger partial charge in [0.2, 0.25) is 0 Å². The molecule has 0 aliphatic carbocycles. The summed E-state index contributed by atoms with van der Waals surface area (Å²) in [6.07, 6.45) is 0.177. The second-order valence-corrected chi connectivity index (χ2v) is 6.96. The van der Waals surface area contributed by atoms with E-state index >= 15 is 0 Å². The van der Waals surface area contributed by atoms with Crippen LogP contribution in [0.1, 0.15) is 26.3 Å². The van der Waals surface area contributed by atoms with E-state index in [0.29, 0.717) is 13.0 Å². The molecule has 0 aliphatic rings. The maximum atomic E-state index is 11.6. The molecule has 2 N–H and O–H groups in total. The zero-order valence-corrected chi connectivity index (χ0v) is 15.1. The highest BCUT2D eigenvalue weighted by atomic mass is 79.9. The molecule has 1 aromatic carbocycles. The number of hydrogen-bond acceptors (Lipinski definition) is 4. The molecule has 0 unspecified atom stereocenters. The number of carbonyl (C=O) groups is 1. The van der Waals surface area contributed by atoms with E-state index in [1.165, 1.54) is 0 Å². The first kappa shape index (κ1) is 18.8. The Morgan fingerprint density at radius 3 is 2.59 bits per heavy atom. The van der Waals surface area contributed by atoms with Crippen molar-refractivity contribution in [2.75, 3.05) is 20.3 Å². The maximum absolute atomic E-state index is 11.6. The quantitative estimate of drug-likeness (QED) is 0.803. The number of aliphatic hydroxyl groups excluding tert-OH is 1. The third-order valence-electron chi connectivity index (χ3n) is 2.93. The van der Waals surface area contributed by atoms with Crippen molar-refractivity contribution < 1.29 is 19.4 Å². The third-order valence-corrected chi connectivity index (χ3v) is 3.55. The topological polar surface area (TPSA) is 67.8 Å². The van der Waals surface area contributed by atoms with Crippen LogP contribution in [-0.2, 0) is 11.2 Å². The highest BCUT2D eigenvalue weighted by Gasteiger charge is 2.17. The van der Waals surface area contributed by atoms with Gasteiger partial charge in [-0.1, -0.05) is 6.07 Å². The van der Waals surface area contributed by atoms with Crippen molar-refractivity contribution in [2.24, 2.45) is 5.92 Å². The van der Waals surface area contributed by atoms with Gasteiger partial charge in [-0.3, -0.25) is 0 Å². The monoisotopic (exact) mass is 373 g/mol. The van der Waals surface area contributed by atoms with Crippen molar-refractivity contribution in [3.63, 3.8) is 0 Å². The van der Waals surface area contributed by atoms with Gasteiger partial charge >= 0.3 is 6.09 Å². The standard InChI is InChI=1S/C16H24BrNO4/c1-16(2,3)22-15(20)18-9-12(10-19)7-11-5-6-14(21-4)13(17)8-11/h5-6,8,12,19H,7,9-10H2,1-4H3,(H,18,20)/t12-/m0/s1. The van der Waals surface area contributed by atoms with Crippen LogP contribution >= 0.6 is 15.9 Å². The van der Waals surface area contributed by atoms with E-state index in [0.717, 1.165) is 15.8 Å². The molecule has 0 radical (unpaired) electrons. The Labute approximate surface area is 140 Å². The number of ether oxygens (including phenoxy) is 2. The molecule has 0 aliphatic heterocycles. The summed E-state index contributed by atoms with van der Waals surface area (Å²) >= 11 is 3.44. The highest BCUT2D eigenvalue weighted by molar-refractivity contribution is 9.10. The Balaban J connectivity index is 2.55. The first-order valence-electron chi connectivity index (χ1n) is 7.15. The number of hydrogen-bond donors (Lipinski definition) is 2. The van der Waals surface area contributed by atoms with E-state index in [-0.39, 0.29) is 12.5 Å². The molecule has 124 valence electrons. The number of carbonyl (C=O) groups excluding carboxylic acids is 1. The Hall–Kier alpha value is -1.27. The van der Waals surface area contributed by atoms with Crippen molar-refractivity contribution in [3.8, 4) is 5.75 Å². The van der Waals surface area contributed by atoms with Gasteiger partial charge in [-0.15, -0.1) is 0 Å². The molecule has 0 aromatic heterocycles. The van der Waals surface area contributed by atoms with Crippen molar-refractivity contribution in [2.45, 2.75) is 32.8 Å². The molecule has 0 saturated heterocycles. The molecule has 5 nitrogen and oxygen atoms in total. The van der Waals surface area contributed by atoms with Gasteiger partial charge in [0.15, 0.2) is 0 Å². The van der Waals surface area contributed by atoms with Gasteiger partial charge in [0.05, 0.1) is 11.6 Å². The Morgan fingerprint density at radius 1 is 1.41 bits per heavy atom. The van der Waals surface area contributed by atoms with E-state index in [1.807, 2.05) is 39.0 Å². The van der Waals surface area contributed by atoms with Crippen molar-refractivity contribution >= 4 is 22.0 Å². The predicted molar refractivity (Wildman–Crippen MR) is 89.2 cm³/mol. The molecule has 22 heavy (non-hydrogen) atoms. The van der Waals surface area contributed by atoms with Crippen molar-refractivity contribution in [1.82, 2.24) is 5.32 Å². The molecule has 1 rings (SSSR count). The predicted octanol–water partition coefficient (Wildman–Crippen LogP) is 3.13. The summed E-state index contributed by atoms with van der Waals surface area (Å²) in [7, 11) is 1.61. The van der Waals surface area contributed by atoms with Gasteiger partial charge in [-0.05, 0) is 60.8 Å². The zero-order valence-electron chi connectivity index (χ0n) is 13.5. The summed E-state index contributed by atoms with van der Waals surface area (Å²) in [5.41, 5.74) is 0.525. The summed E-state index contributed by atoms with van der Waals surface area (Å²) < 4.78 is 11.2. The van der Waals surface area contributed by atoms with Crippen LogP contribution in [0.2, 0.25) is 0 Å². The number of alkyl carbamates (subject to hydrolysis) is 1. The van der Waals surface area contributed by atoms with Crippen LogP contribution in [0, 0.1) is 5.92 Å². The summed E-state index contributed by atoms with van der Waals surface area (Å²) in [6, 6.07) is 5.77. The van der Waals surface area contributed by atoms with Crippen LogP contribution in [0.25, 0.3) is 0 Å². The molecule has 1 aromatic rings. The normalized spacial score (nSPS) is 12.6. The van der Waals surface area contributed by atoms with Gasteiger partial charge in [-0.25, -0.2) is 4.79 Å². The third kappa shape index (κ3) is 6.66. The summed E-state index contributed by atoms with van der Waals surface area (Å²) in [4.78, 5) is 11.6. The number of rotatable bonds is 6. The van der Waals surface area contributed by atoms with Gasteiger partial charge in [0, 0.05) is 19.1 Å². The first-order chi connectivity index (χ1) is 10.2. The lowest BCUT2D eigenvalue weighted by Gasteiger charge is -2.21. The molecule has 0 saturated carbocycles. The van der Waals surface area contributed by atoms with Gasteiger partial charge < -0.3 is 19.9 Å². The van der Waals surface area contributed by atoms with Crippen LogP contribution in [0.15, 0.2) is 22.7 Å². The van der Waals surface area contributed by atoms with Crippen LogP contribution in [0.4, 0.5) is 4.79 Å². The number of aliphatic hydroxyl groups is 1. The number of halogens is 1. The minimum Gasteiger partial charge on any atom is -0.496 e. The minimum atomic E-state index is -0.528. The Kier molecular flexibility index (Phi) is 7.16. The van der Waals surface area contributed by atoms with Crippen LogP contribution in [0.5, 0.6) is 5.75 Å². The first-order valence-corrected chi connectivity index (χ1v) is 7.94. The average molecular weight is 374 g/mol. The maximum Gasteiger partial charge on any atom is 0.407 e.